The zero-order valence-corrected chi connectivity index (χ0v) is 12.2. The van der Waals surface area contributed by atoms with Crippen molar-refractivity contribution < 1.29 is 27.4 Å². The van der Waals surface area contributed by atoms with Crippen LogP contribution in [0.1, 0.15) is 5.56 Å². The topological polar surface area (TPSA) is 87.6 Å². The highest BCUT2D eigenvalue weighted by Gasteiger charge is 2.30. The number of rotatable bonds is 4. The molecule has 0 unspecified atom stereocenters. The first-order chi connectivity index (χ1) is 11.2. The molecular weight excluding hydrogens is 325 g/mol. The summed E-state index contributed by atoms with van der Waals surface area (Å²) in [5.74, 6) is -0.883. The summed E-state index contributed by atoms with van der Waals surface area (Å²) in [4.78, 5) is 11.7. The van der Waals surface area contributed by atoms with Gasteiger partial charge in [-0.2, -0.15) is 0 Å². The Morgan fingerprint density at radius 2 is 1.71 bits per heavy atom. The van der Waals surface area contributed by atoms with E-state index < -0.39 is 12.3 Å². The predicted molar refractivity (Wildman–Crippen MR) is 83.1 cm³/mol. The molecule has 2 aromatic rings. The zero-order valence-electron chi connectivity index (χ0n) is 12.2. The number of hydrogen-bond donors (Lipinski definition) is 2. The van der Waals surface area contributed by atoms with Gasteiger partial charge in [-0.3, -0.25) is 0 Å². The molecule has 0 heterocycles. The Labute approximate surface area is 135 Å². The molecule has 0 aliphatic heterocycles. The van der Waals surface area contributed by atoms with E-state index in [1.165, 1.54) is 36.4 Å². The van der Waals surface area contributed by atoms with Gasteiger partial charge in [0.2, 0.25) is 0 Å². The van der Waals surface area contributed by atoms with Crippen LogP contribution < -0.4 is 20.9 Å². The van der Waals surface area contributed by atoms with Crippen molar-refractivity contribution in [2.45, 2.75) is 6.36 Å². The van der Waals surface area contributed by atoms with Gasteiger partial charge < -0.3 is 20.9 Å². The molecule has 126 valence electrons. The van der Waals surface area contributed by atoms with E-state index >= 15 is 0 Å². The minimum atomic E-state index is -4.75. The molecule has 0 aliphatic rings. The molecule has 0 amide bonds. The first kappa shape index (κ1) is 17.2. The number of hydrogen-bond acceptors (Lipinski definition) is 5. The fraction of sp³-hybridized carbons (Fsp3) is 0.0625. The first-order valence-electron chi connectivity index (χ1n) is 6.64. The normalized spacial score (nSPS) is 11.5. The average molecular weight is 338 g/mol. The Hall–Kier alpha value is -3.16. The fourth-order valence-electron chi connectivity index (χ4n) is 1.75. The lowest BCUT2D eigenvalue weighted by atomic mass is 10.2. The highest BCUT2D eigenvalue weighted by Crippen LogP contribution is 2.24. The molecule has 8 heteroatoms. The lowest BCUT2D eigenvalue weighted by molar-refractivity contribution is -0.274. The predicted octanol–water partition coefficient (Wildman–Crippen LogP) is 3.37. The summed E-state index contributed by atoms with van der Waals surface area (Å²) >= 11 is 0. The number of ether oxygens (including phenoxy) is 2. The number of benzene rings is 2. The van der Waals surface area contributed by atoms with E-state index in [-0.39, 0.29) is 17.2 Å². The van der Waals surface area contributed by atoms with Crippen molar-refractivity contribution in [3.8, 4) is 11.5 Å². The third-order valence-corrected chi connectivity index (χ3v) is 2.77. The number of carbonyl (C=O) groups excluding carboxylic acids is 1. The quantitative estimate of drug-likeness (QED) is 0.386. The van der Waals surface area contributed by atoms with Crippen LogP contribution in [0, 0.1) is 0 Å². The summed E-state index contributed by atoms with van der Waals surface area (Å²) in [5.41, 5.74) is 12.3. The highest BCUT2D eigenvalue weighted by atomic mass is 19.4. The summed E-state index contributed by atoms with van der Waals surface area (Å²) in [5, 5.41) is 0. The van der Waals surface area contributed by atoms with Crippen LogP contribution in [-0.2, 0) is 4.79 Å². The van der Waals surface area contributed by atoms with E-state index in [0.29, 0.717) is 11.3 Å². The monoisotopic (exact) mass is 338 g/mol. The zero-order chi connectivity index (χ0) is 17.7. The van der Waals surface area contributed by atoms with Crippen molar-refractivity contribution in [2.24, 2.45) is 0 Å². The Morgan fingerprint density at radius 1 is 1.04 bits per heavy atom. The molecule has 0 fully saturated rings. The summed E-state index contributed by atoms with van der Waals surface area (Å²) in [6.07, 6.45) is -2.25. The number of esters is 1. The number of nitrogen functional groups attached to an aromatic ring is 2. The maximum atomic E-state index is 12.0. The molecule has 0 saturated carbocycles. The molecule has 0 saturated heterocycles. The van der Waals surface area contributed by atoms with Crippen LogP contribution in [-0.4, -0.2) is 12.3 Å². The first-order valence-corrected chi connectivity index (χ1v) is 6.64. The Balaban J connectivity index is 1.98. The van der Waals surface area contributed by atoms with Gasteiger partial charge in [0.05, 0.1) is 5.69 Å². The van der Waals surface area contributed by atoms with Gasteiger partial charge in [0.1, 0.15) is 5.75 Å². The van der Waals surface area contributed by atoms with Crippen LogP contribution in [0.4, 0.5) is 24.5 Å². The van der Waals surface area contributed by atoms with Crippen molar-refractivity contribution >= 4 is 23.4 Å². The van der Waals surface area contributed by atoms with Crippen LogP contribution in [0.3, 0.4) is 0 Å². The number of halogens is 3. The van der Waals surface area contributed by atoms with Crippen molar-refractivity contribution in [3.63, 3.8) is 0 Å². The Bertz CT molecular complexity index is 756. The highest BCUT2D eigenvalue weighted by molar-refractivity contribution is 5.89. The Kier molecular flexibility index (Phi) is 4.98. The average Bonchev–Trinajstić information content (AvgIpc) is 2.48. The molecule has 2 aromatic carbocycles. The standard InChI is InChI=1S/C16H13F3N2O3/c17-16(18,19)24-12-5-1-10(2-6-12)3-8-15(22)23-14-7-4-11(20)9-13(14)21/h1-9H,20-21H2. The van der Waals surface area contributed by atoms with Crippen LogP contribution in [0.25, 0.3) is 6.08 Å². The molecule has 5 nitrogen and oxygen atoms in total. The molecule has 0 radical (unpaired) electrons. The Morgan fingerprint density at radius 3 is 2.29 bits per heavy atom. The lowest BCUT2D eigenvalue weighted by Gasteiger charge is -2.08. The molecule has 4 N–H and O–H groups in total. The van der Waals surface area contributed by atoms with E-state index in [1.807, 2.05) is 0 Å². The van der Waals surface area contributed by atoms with Crippen molar-refractivity contribution in [1.29, 1.82) is 0 Å². The smallest absolute Gasteiger partial charge is 0.421 e. The van der Waals surface area contributed by atoms with E-state index in [4.69, 9.17) is 16.2 Å². The second kappa shape index (κ2) is 6.95. The largest absolute Gasteiger partial charge is 0.573 e. The number of anilines is 2. The maximum Gasteiger partial charge on any atom is 0.573 e. The van der Waals surface area contributed by atoms with Crippen LogP contribution in [0.15, 0.2) is 48.5 Å². The number of alkyl halides is 3. The lowest BCUT2D eigenvalue weighted by Crippen LogP contribution is -2.16. The third-order valence-electron chi connectivity index (χ3n) is 2.77. The fourth-order valence-corrected chi connectivity index (χ4v) is 1.75. The van der Waals surface area contributed by atoms with Gasteiger partial charge in [0.25, 0.3) is 0 Å². The summed E-state index contributed by atoms with van der Waals surface area (Å²) in [6.45, 7) is 0. The van der Waals surface area contributed by atoms with Gasteiger partial charge in [0, 0.05) is 11.8 Å². The molecular formula is C16H13F3N2O3. The van der Waals surface area contributed by atoms with Crippen molar-refractivity contribution in [3.05, 3.63) is 54.1 Å². The van der Waals surface area contributed by atoms with Gasteiger partial charge in [0.15, 0.2) is 5.75 Å². The summed E-state index contributed by atoms with van der Waals surface area (Å²) in [6, 6.07) is 9.44. The van der Waals surface area contributed by atoms with Gasteiger partial charge >= 0.3 is 12.3 Å². The van der Waals surface area contributed by atoms with Gasteiger partial charge in [-0.05, 0) is 42.0 Å². The third kappa shape index (κ3) is 5.24. The van der Waals surface area contributed by atoms with Crippen molar-refractivity contribution in [2.75, 3.05) is 11.5 Å². The minimum absolute atomic E-state index is 0.160. The van der Waals surface area contributed by atoms with Crippen LogP contribution in [0.2, 0.25) is 0 Å². The van der Waals surface area contributed by atoms with Gasteiger partial charge in [-0.15, -0.1) is 13.2 Å². The van der Waals surface area contributed by atoms with Gasteiger partial charge in [-0.25, -0.2) is 4.79 Å². The molecule has 0 aromatic heterocycles. The molecule has 2 rings (SSSR count). The van der Waals surface area contributed by atoms with Gasteiger partial charge in [-0.1, -0.05) is 12.1 Å². The second-order valence-electron chi connectivity index (χ2n) is 4.67. The summed E-state index contributed by atoms with van der Waals surface area (Å²) < 4.78 is 44.9. The van der Waals surface area contributed by atoms with E-state index in [0.717, 1.165) is 18.2 Å². The maximum absolute atomic E-state index is 12.0. The number of nitrogens with two attached hydrogens (primary N) is 2. The van der Waals surface area contributed by atoms with Crippen molar-refractivity contribution in [1.82, 2.24) is 0 Å². The molecule has 0 atom stereocenters. The number of carbonyl (C=O) groups is 1. The van der Waals surface area contributed by atoms with Crippen LogP contribution >= 0.6 is 0 Å². The SMILES string of the molecule is Nc1ccc(OC(=O)C=Cc2ccc(OC(F)(F)F)cc2)c(N)c1. The van der Waals surface area contributed by atoms with Crippen LogP contribution in [0.5, 0.6) is 11.5 Å². The second-order valence-corrected chi connectivity index (χ2v) is 4.67. The molecule has 0 aliphatic carbocycles. The van der Waals surface area contributed by atoms with E-state index in [1.54, 1.807) is 0 Å². The summed E-state index contributed by atoms with van der Waals surface area (Å²) in [7, 11) is 0. The van der Waals surface area contributed by atoms with E-state index in [2.05, 4.69) is 4.74 Å². The molecule has 0 bridgehead atoms. The molecule has 24 heavy (non-hydrogen) atoms. The minimum Gasteiger partial charge on any atom is -0.421 e. The van der Waals surface area contributed by atoms with E-state index in [9.17, 15) is 18.0 Å². The molecule has 0 spiro atoms.